The van der Waals surface area contributed by atoms with Gasteiger partial charge in [0, 0.05) is 12.7 Å². The minimum Gasteiger partial charge on any atom is -0.433 e. The molecule has 76 valence electrons. The third-order valence-corrected chi connectivity index (χ3v) is 1.23. The highest BCUT2D eigenvalue weighted by atomic mass is 16.8. The second kappa shape index (κ2) is 6.62. The zero-order valence-corrected chi connectivity index (χ0v) is 8.28. The van der Waals surface area contributed by atoms with Gasteiger partial charge in [-0.25, -0.2) is 4.79 Å². The van der Waals surface area contributed by atoms with Gasteiger partial charge in [-0.3, -0.25) is 0 Å². The molecule has 0 saturated heterocycles. The summed E-state index contributed by atoms with van der Waals surface area (Å²) in [6, 6.07) is 0. The van der Waals surface area contributed by atoms with Gasteiger partial charge in [-0.2, -0.15) is 0 Å². The Labute approximate surface area is 78.5 Å². The first-order valence-corrected chi connectivity index (χ1v) is 4.20. The molecule has 0 N–H and O–H groups in total. The van der Waals surface area contributed by atoms with Crippen molar-refractivity contribution in [2.45, 2.75) is 33.4 Å². The summed E-state index contributed by atoms with van der Waals surface area (Å²) in [6.45, 7) is 9.05. The Morgan fingerprint density at radius 2 is 2.08 bits per heavy atom. The van der Waals surface area contributed by atoms with Crippen molar-refractivity contribution in [3.8, 4) is 0 Å². The molecule has 0 aromatic heterocycles. The number of carbonyl (C=O) groups excluding carboxylic acids is 1. The van der Waals surface area contributed by atoms with Crippen molar-refractivity contribution >= 4 is 5.97 Å². The molecule has 0 rings (SSSR count). The van der Waals surface area contributed by atoms with E-state index in [-0.39, 0.29) is 6.29 Å². The zero-order valence-electron chi connectivity index (χ0n) is 8.28. The quantitative estimate of drug-likeness (QED) is 0.359. The molecule has 4 nitrogen and oxygen atoms in total. The lowest BCUT2D eigenvalue weighted by atomic mass is 10.6. The Morgan fingerprint density at radius 1 is 1.46 bits per heavy atom. The van der Waals surface area contributed by atoms with Crippen molar-refractivity contribution in [2.24, 2.45) is 0 Å². The number of ether oxygens (including phenoxy) is 3. The van der Waals surface area contributed by atoms with E-state index >= 15 is 0 Å². The van der Waals surface area contributed by atoms with E-state index in [0.29, 0.717) is 6.61 Å². The van der Waals surface area contributed by atoms with E-state index < -0.39 is 12.3 Å². The molecule has 4 heteroatoms. The number of hydrogen-bond acceptors (Lipinski definition) is 4. The van der Waals surface area contributed by atoms with Crippen LogP contribution in [0.25, 0.3) is 0 Å². The van der Waals surface area contributed by atoms with Gasteiger partial charge in [-0.1, -0.05) is 6.58 Å². The van der Waals surface area contributed by atoms with E-state index in [1.807, 2.05) is 6.92 Å². The molecule has 13 heavy (non-hydrogen) atoms. The summed E-state index contributed by atoms with van der Waals surface area (Å²) in [7, 11) is 0. The molecule has 0 amide bonds. The molecular weight excluding hydrogens is 172 g/mol. The highest BCUT2D eigenvalue weighted by molar-refractivity contribution is 5.81. The van der Waals surface area contributed by atoms with E-state index in [4.69, 9.17) is 14.2 Å². The molecule has 2 atom stereocenters. The van der Waals surface area contributed by atoms with Gasteiger partial charge in [-0.05, 0) is 20.8 Å². The minimum atomic E-state index is -0.618. The van der Waals surface area contributed by atoms with Gasteiger partial charge in [0.15, 0.2) is 6.29 Å². The van der Waals surface area contributed by atoms with Crippen molar-refractivity contribution in [1.29, 1.82) is 0 Å². The lowest BCUT2D eigenvalue weighted by molar-refractivity contribution is -0.225. The highest BCUT2D eigenvalue weighted by Crippen LogP contribution is 2.01. The Balaban J connectivity index is 3.66. The molecule has 0 radical (unpaired) electrons. The number of esters is 1. The third kappa shape index (κ3) is 6.31. The van der Waals surface area contributed by atoms with Crippen LogP contribution in [-0.4, -0.2) is 25.2 Å². The monoisotopic (exact) mass is 188 g/mol. The summed E-state index contributed by atoms with van der Waals surface area (Å²) in [6.07, 6.45) is 0.0928. The van der Waals surface area contributed by atoms with Crippen molar-refractivity contribution in [2.75, 3.05) is 6.61 Å². The Hall–Kier alpha value is -0.870. The first kappa shape index (κ1) is 12.1. The van der Waals surface area contributed by atoms with E-state index in [1.54, 1.807) is 13.8 Å². The summed E-state index contributed by atoms with van der Waals surface area (Å²) >= 11 is 0. The zero-order chi connectivity index (χ0) is 10.3. The minimum absolute atomic E-state index is 0.377. The molecule has 0 aliphatic rings. The molecule has 0 bridgehead atoms. The summed E-state index contributed by atoms with van der Waals surface area (Å²) in [4.78, 5) is 10.7. The first-order valence-electron chi connectivity index (χ1n) is 4.20. The summed E-state index contributed by atoms with van der Waals surface area (Å²) in [5, 5.41) is 0. The maximum Gasteiger partial charge on any atom is 0.332 e. The van der Waals surface area contributed by atoms with Crippen LogP contribution in [0.3, 0.4) is 0 Å². The maximum absolute atomic E-state index is 10.7. The molecule has 0 fully saturated rings. The molecule has 0 aliphatic heterocycles. The van der Waals surface area contributed by atoms with Crippen LogP contribution in [0.1, 0.15) is 20.8 Å². The fourth-order valence-electron chi connectivity index (χ4n) is 0.783. The molecule has 2 unspecified atom stereocenters. The average Bonchev–Trinajstić information content (AvgIpc) is 2.04. The number of carbonyl (C=O) groups is 1. The van der Waals surface area contributed by atoms with Crippen LogP contribution in [0.2, 0.25) is 0 Å². The Morgan fingerprint density at radius 3 is 2.54 bits per heavy atom. The predicted molar refractivity (Wildman–Crippen MR) is 47.9 cm³/mol. The third-order valence-electron chi connectivity index (χ3n) is 1.23. The molecule has 0 aromatic rings. The smallest absolute Gasteiger partial charge is 0.332 e. The largest absolute Gasteiger partial charge is 0.433 e. The normalized spacial score (nSPS) is 14.7. The van der Waals surface area contributed by atoms with Gasteiger partial charge < -0.3 is 14.2 Å². The fourth-order valence-corrected chi connectivity index (χ4v) is 0.783. The van der Waals surface area contributed by atoms with Crippen LogP contribution in [0.5, 0.6) is 0 Å². The number of hydrogen-bond donors (Lipinski definition) is 0. The standard InChI is InChI=1S/C9H16O4/c1-5-9(10)13-8(4)12-7(3)11-6-2/h5,7-8H,1,6H2,2-4H3. The van der Waals surface area contributed by atoms with Crippen molar-refractivity contribution in [1.82, 2.24) is 0 Å². The van der Waals surface area contributed by atoms with E-state index in [2.05, 4.69) is 6.58 Å². The second-order valence-electron chi connectivity index (χ2n) is 2.37. The SMILES string of the molecule is C=CC(=O)OC(C)OC(C)OCC. The first-order chi connectivity index (χ1) is 6.10. The number of rotatable bonds is 6. The lowest BCUT2D eigenvalue weighted by Crippen LogP contribution is -2.24. The summed E-state index contributed by atoms with van der Waals surface area (Å²) < 4.78 is 15.0. The van der Waals surface area contributed by atoms with E-state index in [9.17, 15) is 4.79 Å². The van der Waals surface area contributed by atoms with Crippen LogP contribution in [0, 0.1) is 0 Å². The van der Waals surface area contributed by atoms with Gasteiger partial charge in [-0.15, -0.1) is 0 Å². The van der Waals surface area contributed by atoms with Gasteiger partial charge in [0.2, 0.25) is 6.29 Å². The van der Waals surface area contributed by atoms with Crippen LogP contribution < -0.4 is 0 Å². The van der Waals surface area contributed by atoms with Gasteiger partial charge in [0.25, 0.3) is 0 Å². The van der Waals surface area contributed by atoms with E-state index in [0.717, 1.165) is 6.08 Å². The van der Waals surface area contributed by atoms with Crippen LogP contribution in [-0.2, 0) is 19.0 Å². The lowest BCUT2D eigenvalue weighted by Gasteiger charge is -2.18. The Kier molecular flexibility index (Phi) is 6.18. The Bertz CT molecular complexity index is 167. The van der Waals surface area contributed by atoms with Crippen molar-refractivity contribution in [3.63, 3.8) is 0 Å². The highest BCUT2D eigenvalue weighted by Gasteiger charge is 2.10. The molecule has 0 aromatic carbocycles. The van der Waals surface area contributed by atoms with E-state index in [1.165, 1.54) is 0 Å². The summed E-state index contributed by atoms with van der Waals surface area (Å²) in [5.41, 5.74) is 0. The average molecular weight is 188 g/mol. The van der Waals surface area contributed by atoms with Gasteiger partial charge >= 0.3 is 5.97 Å². The van der Waals surface area contributed by atoms with Crippen molar-refractivity contribution < 1.29 is 19.0 Å². The molecule has 0 spiro atoms. The van der Waals surface area contributed by atoms with Gasteiger partial charge in [0.1, 0.15) is 0 Å². The maximum atomic E-state index is 10.7. The molecular formula is C9H16O4. The van der Waals surface area contributed by atoms with Crippen molar-refractivity contribution in [3.05, 3.63) is 12.7 Å². The summed E-state index contributed by atoms with van der Waals surface area (Å²) in [5.74, 6) is -0.504. The predicted octanol–water partition coefficient (Wildman–Crippen LogP) is 1.46. The fraction of sp³-hybridized carbons (Fsp3) is 0.667. The van der Waals surface area contributed by atoms with Crippen LogP contribution in [0.4, 0.5) is 0 Å². The molecule has 0 aliphatic carbocycles. The topological polar surface area (TPSA) is 44.8 Å². The van der Waals surface area contributed by atoms with Crippen LogP contribution in [0.15, 0.2) is 12.7 Å². The molecule has 0 heterocycles. The van der Waals surface area contributed by atoms with Gasteiger partial charge in [0.05, 0.1) is 0 Å². The second-order valence-corrected chi connectivity index (χ2v) is 2.37. The molecule has 0 saturated carbocycles. The van der Waals surface area contributed by atoms with Crippen LogP contribution >= 0.6 is 0 Å².